The number of alkyl halides is 3. The molecule has 1 N–H and O–H groups in total. The molecule has 0 amide bonds. The SMILES string of the molecule is CN(C)c1cc(C(F)(F)F)cc(-c2cccc(-c3ccn[nH]3)c2)n1. The molecule has 24 heavy (non-hydrogen) atoms. The van der Waals surface area contributed by atoms with Gasteiger partial charge in [-0.2, -0.15) is 18.3 Å². The second-order valence-corrected chi connectivity index (χ2v) is 5.54. The Bertz CT molecular complexity index is 839. The number of H-pyrrole nitrogens is 1. The topological polar surface area (TPSA) is 44.8 Å². The Morgan fingerprint density at radius 1 is 1.00 bits per heavy atom. The molecule has 1 aromatic carbocycles. The van der Waals surface area contributed by atoms with Crippen molar-refractivity contribution in [2.24, 2.45) is 0 Å². The predicted octanol–water partition coefficient (Wildman–Crippen LogP) is 4.22. The highest BCUT2D eigenvalue weighted by atomic mass is 19.4. The molecule has 0 aliphatic carbocycles. The zero-order valence-corrected chi connectivity index (χ0v) is 13.1. The summed E-state index contributed by atoms with van der Waals surface area (Å²) in [6.45, 7) is 0. The maximum Gasteiger partial charge on any atom is 0.416 e. The summed E-state index contributed by atoms with van der Waals surface area (Å²) in [7, 11) is 3.32. The second kappa shape index (κ2) is 5.99. The molecule has 3 aromatic rings. The minimum atomic E-state index is -4.43. The van der Waals surface area contributed by atoms with Gasteiger partial charge in [0.05, 0.1) is 17.0 Å². The third-order valence-electron chi connectivity index (χ3n) is 3.57. The van der Waals surface area contributed by atoms with Crippen molar-refractivity contribution in [1.82, 2.24) is 15.2 Å². The van der Waals surface area contributed by atoms with Gasteiger partial charge in [0.2, 0.25) is 0 Å². The Kier molecular flexibility index (Phi) is 4.01. The summed E-state index contributed by atoms with van der Waals surface area (Å²) in [4.78, 5) is 5.89. The number of anilines is 1. The van der Waals surface area contributed by atoms with Crippen molar-refractivity contribution in [3.05, 3.63) is 54.2 Å². The first-order valence-corrected chi connectivity index (χ1v) is 7.21. The maximum atomic E-state index is 13.2. The zero-order valence-electron chi connectivity index (χ0n) is 13.1. The predicted molar refractivity (Wildman–Crippen MR) is 86.6 cm³/mol. The van der Waals surface area contributed by atoms with Gasteiger partial charge in [-0.25, -0.2) is 4.98 Å². The van der Waals surface area contributed by atoms with Crippen LogP contribution in [0.15, 0.2) is 48.7 Å². The van der Waals surface area contributed by atoms with Crippen molar-refractivity contribution in [2.75, 3.05) is 19.0 Å². The lowest BCUT2D eigenvalue weighted by molar-refractivity contribution is -0.137. The lowest BCUT2D eigenvalue weighted by atomic mass is 10.0. The van der Waals surface area contributed by atoms with Crippen LogP contribution in [0, 0.1) is 0 Å². The van der Waals surface area contributed by atoms with Crippen LogP contribution >= 0.6 is 0 Å². The number of aromatic amines is 1. The average Bonchev–Trinajstić information content (AvgIpc) is 3.08. The summed E-state index contributed by atoms with van der Waals surface area (Å²) in [6.07, 6.45) is -2.81. The molecule has 0 unspecified atom stereocenters. The van der Waals surface area contributed by atoms with Gasteiger partial charge in [-0.15, -0.1) is 0 Å². The Morgan fingerprint density at radius 3 is 2.38 bits per heavy atom. The lowest BCUT2D eigenvalue weighted by Crippen LogP contribution is -2.14. The number of rotatable bonds is 3. The number of hydrogen-bond donors (Lipinski definition) is 1. The van der Waals surface area contributed by atoms with E-state index in [0.717, 1.165) is 23.4 Å². The van der Waals surface area contributed by atoms with Crippen LogP contribution in [-0.4, -0.2) is 29.3 Å². The van der Waals surface area contributed by atoms with Crippen molar-refractivity contribution >= 4 is 5.82 Å². The van der Waals surface area contributed by atoms with E-state index in [2.05, 4.69) is 15.2 Å². The molecule has 0 bridgehead atoms. The van der Waals surface area contributed by atoms with Crippen LogP contribution in [0.25, 0.3) is 22.5 Å². The van der Waals surface area contributed by atoms with Gasteiger partial charge in [0.15, 0.2) is 0 Å². The van der Waals surface area contributed by atoms with Gasteiger partial charge in [0.1, 0.15) is 5.82 Å². The minimum Gasteiger partial charge on any atom is -0.363 e. The highest BCUT2D eigenvalue weighted by Crippen LogP contribution is 2.34. The van der Waals surface area contributed by atoms with Crippen molar-refractivity contribution < 1.29 is 13.2 Å². The summed E-state index contributed by atoms with van der Waals surface area (Å²) in [5.41, 5.74) is 1.78. The first-order chi connectivity index (χ1) is 11.3. The molecule has 0 atom stereocenters. The number of pyridine rings is 1. The molecule has 124 valence electrons. The van der Waals surface area contributed by atoms with Gasteiger partial charge >= 0.3 is 6.18 Å². The van der Waals surface area contributed by atoms with E-state index in [0.29, 0.717) is 5.56 Å². The summed E-state index contributed by atoms with van der Waals surface area (Å²) < 4.78 is 39.5. The first kappa shape index (κ1) is 16.0. The number of benzene rings is 1. The van der Waals surface area contributed by atoms with E-state index in [9.17, 15) is 13.2 Å². The summed E-state index contributed by atoms with van der Waals surface area (Å²) in [6, 6.07) is 11.1. The molecule has 0 saturated heterocycles. The fourth-order valence-electron chi connectivity index (χ4n) is 2.32. The minimum absolute atomic E-state index is 0.256. The fourth-order valence-corrected chi connectivity index (χ4v) is 2.32. The molecule has 3 rings (SSSR count). The van der Waals surface area contributed by atoms with Crippen molar-refractivity contribution in [1.29, 1.82) is 0 Å². The highest BCUT2D eigenvalue weighted by Gasteiger charge is 2.32. The zero-order chi connectivity index (χ0) is 17.3. The van der Waals surface area contributed by atoms with Gasteiger partial charge in [0.25, 0.3) is 0 Å². The van der Waals surface area contributed by atoms with Gasteiger partial charge in [-0.05, 0) is 24.3 Å². The Labute approximate surface area is 137 Å². The second-order valence-electron chi connectivity index (χ2n) is 5.54. The monoisotopic (exact) mass is 332 g/mol. The quantitative estimate of drug-likeness (QED) is 0.781. The number of aromatic nitrogens is 3. The molecule has 0 radical (unpaired) electrons. The number of hydrogen-bond acceptors (Lipinski definition) is 3. The number of nitrogens with one attached hydrogen (secondary N) is 1. The summed E-state index contributed by atoms with van der Waals surface area (Å²) >= 11 is 0. The molecule has 0 aliphatic heterocycles. The van der Waals surface area contributed by atoms with E-state index in [1.54, 1.807) is 49.5 Å². The van der Waals surface area contributed by atoms with Crippen LogP contribution in [0.1, 0.15) is 5.56 Å². The molecule has 0 saturated carbocycles. The molecule has 0 spiro atoms. The van der Waals surface area contributed by atoms with Crippen LogP contribution in [0.2, 0.25) is 0 Å². The fraction of sp³-hybridized carbons (Fsp3) is 0.176. The molecule has 7 heteroatoms. The number of halogens is 3. The molecular weight excluding hydrogens is 317 g/mol. The van der Waals surface area contributed by atoms with E-state index in [1.807, 2.05) is 6.07 Å². The standard InChI is InChI=1S/C17H15F3N4/c1-24(2)16-10-13(17(18,19)20)9-15(22-16)12-5-3-4-11(8-12)14-6-7-21-23-14/h3-10H,1-2H3,(H,21,23). The van der Waals surface area contributed by atoms with E-state index >= 15 is 0 Å². The largest absolute Gasteiger partial charge is 0.416 e. The van der Waals surface area contributed by atoms with Crippen LogP contribution in [0.4, 0.5) is 19.0 Å². The van der Waals surface area contributed by atoms with Gasteiger partial charge in [0, 0.05) is 31.4 Å². The van der Waals surface area contributed by atoms with Gasteiger partial charge < -0.3 is 4.90 Å². The van der Waals surface area contributed by atoms with Gasteiger partial charge in [-0.1, -0.05) is 18.2 Å². The molecule has 2 aromatic heterocycles. The molecule has 4 nitrogen and oxygen atoms in total. The molecular formula is C17H15F3N4. The Hall–Kier alpha value is -2.83. The molecule has 0 fully saturated rings. The van der Waals surface area contributed by atoms with Crippen molar-refractivity contribution in [3.8, 4) is 22.5 Å². The Balaban J connectivity index is 2.12. The van der Waals surface area contributed by atoms with Crippen LogP contribution in [0.3, 0.4) is 0 Å². The normalized spacial score (nSPS) is 11.5. The van der Waals surface area contributed by atoms with Crippen molar-refractivity contribution in [2.45, 2.75) is 6.18 Å². The Morgan fingerprint density at radius 2 is 1.75 bits per heavy atom. The van der Waals surface area contributed by atoms with Crippen LogP contribution < -0.4 is 4.90 Å². The number of nitrogens with zero attached hydrogens (tertiary/aromatic N) is 3. The van der Waals surface area contributed by atoms with Crippen molar-refractivity contribution in [3.63, 3.8) is 0 Å². The van der Waals surface area contributed by atoms with E-state index in [-0.39, 0.29) is 11.5 Å². The molecule has 0 aliphatic rings. The smallest absolute Gasteiger partial charge is 0.363 e. The first-order valence-electron chi connectivity index (χ1n) is 7.21. The highest BCUT2D eigenvalue weighted by molar-refractivity contribution is 5.70. The average molecular weight is 332 g/mol. The summed E-state index contributed by atoms with van der Waals surface area (Å²) in [5, 5.41) is 6.73. The van der Waals surface area contributed by atoms with E-state index < -0.39 is 11.7 Å². The van der Waals surface area contributed by atoms with E-state index in [4.69, 9.17) is 0 Å². The van der Waals surface area contributed by atoms with Crippen LogP contribution in [-0.2, 0) is 6.18 Å². The molecule has 2 heterocycles. The third kappa shape index (κ3) is 3.24. The maximum absolute atomic E-state index is 13.2. The van der Waals surface area contributed by atoms with Gasteiger partial charge in [-0.3, -0.25) is 5.10 Å². The van der Waals surface area contributed by atoms with E-state index in [1.165, 1.54) is 0 Å². The van der Waals surface area contributed by atoms with Crippen LogP contribution in [0.5, 0.6) is 0 Å². The summed E-state index contributed by atoms with van der Waals surface area (Å²) in [5.74, 6) is 0.256. The lowest BCUT2D eigenvalue weighted by Gasteiger charge is -2.16. The third-order valence-corrected chi connectivity index (χ3v) is 3.57.